The molecule has 7 heteroatoms. The first-order valence-electron chi connectivity index (χ1n) is 8.72. The standard InChI is InChI=1S/C21H24N4O3/c1-25(2)16-8-6-7-14(9-16)17-12-22-13-20(24-17)23-15-10-18(26-3)21(28-5)19(11-15)27-4/h6-13H,1-5H3,(H,23,24). The van der Waals surface area contributed by atoms with Gasteiger partial charge < -0.3 is 24.4 Å². The zero-order valence-electron chi connectivity index (χ0n) is 16.7. The van der Waals surface area contributed by atoms with E-state index in [2.05, 4.69) is 32.3 Å². The number of methoxy groups -OCH3 is 3. The van der Waals surface area contributed by atoms with Crippen molar-refractivity contribution in [2.24, 2.45) is 0 Å². The van der Waals surface area contributed by atoms with Gasteiger partial charge in [-0.3, -0.25) is 4.98 Å². The number of hydrogen-bond acceptors (Lipinski definition) is 7. The number of nitrogens with zero attached hydrogens (tertiary/aromatic N) is 3. The molecule has 3 rings (SSSR count). The summed E-state index contributed by atoms with van der Waals surface area (Å²) in [7, 11) is 8.75. The Balaban J connectivity index is 1.92. The maximum absolute atomic E-state index is 5.40. The normalized spacial score (nSPS) is 10.3. The number of aromatic nitrogens is 2. The van der Waals surface area contributed by atoms with Crippen molar-refractivity contribution in [2.75, 3.05) is 45.6 Å². The van der Waals surface area contributed by atoms with Crippen LogP contribution in [0.3, 0.4) is 0 Å². The Labute approximate surface area is 164 Å². The Hall–Kier alpha value is -3.48. The number of hydrogen-bond donors (Lipinski definition) is 1. The summed E-state index contributed by atoms with van der Waals surface area (Å²) in [6.45, 7) is 0. The molecule has 0 unspecified atom stereocenters. The van der Waals surface area contributed by atoms with E-state index in [1.54, 1.807) is 33.7 Å². The second-order valence-electron chi connectivity index (χ2n) is 6.27. The van der Waals surface area contributed by atoms with Crippen LogP contribution in [0.4, 0.5) is 17.2 Å². The van der Waals surface area contributed by atoms with Crippen molar-refractivity contribution in [1.29, 1.82) is 0 Å². The van der Waals surface area contributed by atoms with Gasteiger partial charge in [0.2, 0.25) is 5.75 Å². The molecule has 1 N–H and O–H groups in total. The van der Waals surface area contributed by atoms with Gasteiger partial charge in [0.05, 0.1) is 39.4 Å². The van der Waals surface area contributed by atoms with Crippen LogP contribution in [0.2, 0.25) is 0 Å². The van der Waals surface area contributed by atoms with Crippen LogP contribution in [-0.4, -0.2) is 45.4 Å². The minimum atomic E-state index is 0.538. The molecule has 7 nitrogen and oxygen atoms in total. The lowest BCUT2D eigenvalue weighted by atomic mass is 10.1. The monoisotopic (exact) mass is 380 g/mol. The van der Waals surface area contributed by atoms with Gasteiger partial charge in [-0.05, 0) is 12.1 Å². The molecule has 0 radical (unpaired) electrons. The average molecular weight is 380 g/mol. The van der Waals surface area contributed by atoms with Crippen molar-refractivity contribution in [3.05, 3.63) is 48.8 Å². The molecular weight excluding hydrogens is 356 g/mol. The van der Waals surface area contributed by atoms with Gasteiger partial charge in [0.1, 0.15) is 5.82 Å². The van der Waals surface area contributed by atoms with Crippen LogP contribution in [0.25, 0.3) is 11.3 Å². The molecule has 0 fully saturated rings. The third-order valence-corrected chi connectivity index (χ3v) is 4.23. The summed E-state index contributed by atoms with van der Waals surface area (Å²) in [4.78, 5) is 11.1. The van der Waals surface area contributed by atoms with E-state index in [9.17, 15) is 0 Å². The molecule has 0 bridgehead atoms. The van der Waals surface area contributed by atoms with Gasteiger partial charge in [0.15, 0.2) is 11.5 Å². The molecule has 0 amide bonds. The van der Waals surface area contributed by atoms with Crippen molar-refractivity contribution in [1.82, 2.24) is 9.97 Å². The largest absolute Gasteiger partial charge is 0.493 e. The van der Waals surface area contributed by atoms with Crippen LogP contribution in [0.5, 0.6) is 17.2 Å². The first-order valence-corrected chi connectivity index (χ1v) is 8.72. The molecule has 0 aliphatic heterocycles. The van der Waals surface area contributed by atoms with E-state index in [1.165, 1.54) is 0 Å². The van der Waals surface area contributed by atoms with Crippen molar-refractivity contribution in [3.8, 4) is 28.5 Å². The van der Waals surface area contributed by atoms with Crippen molar-refractivity contribution in [2.45, 2.75) is 0 Å². The highest BCUT2D eigenvalue weighted by Crippen LogP contribution is 2.40. The lowest BCUT2D eigenvalue weighted by Crippen LogP contribution is -2.08. The minimum Gasteiger partial charge on any atom is -0.493 e. The van der Waals surface area contributed by atoms with E-state index in [-0.39, 0.29) is 0 Å². The SMILES string of the molecule is COc1cc(Nc2cncc(-c3cccc(N(C)C)c3)n2)cc(OC)c1OC. The van der Waals surface area contributed by atoms with Crippen LogP contribution in [0.1, 0.15) is 0 Å². The van der Waals surface area contributed by atoms with Gasteiger partial charge in [0, 0.05) is 43.2 Å². The molecule has 1 heterocycles. The number of benzene rings is 2. The number of anilines is 3. The Bertz CT molecular complexity index is 935. The number of rotatable bonds is 7. The Morgan fingerprint density at radius 3 is 2.21 bits per heavy atom. The molecule has 3 aromatic rings. The zero-order valence-corrected chi connectivity index (χ0v) is 16.7. The quantitative estimate of drug-likeness (QED) is 0.665. The molecule has 0 saturated carbocycles. The molecule has 1 aromatic heterocycles. The molecule has 146 valence electrons. The lowest BCUT2D eigenvalue weighted by molar-refractivity contribution is 0.324. The lowest BCUT2D eigenvalue weighted by Gasteiger charge is -2.15. The van der Waals surface area contributed by atoms with Gasteiger partial charge in [-0.2, -0.15) is 0 Å². The third kappa shape index (κ3) is 4.09. The maximum Gasteiger partial charge on any atom is 0.203 e. The molecule has 28 heavy (non-hydrogen) atoms. The van der Waals surface area contributed by atoms with Crippen LogP contribution in [0.15, 0.2) is 48.8 Å². The van der Waals surface area contributed by atoms with Gasteiger partial charge in [-0.1, -0.05) is 12.1 Å². The Morgan fingerprint density at radius 2 is 1.61 bits per heavy atom. The molecular formula is C21H24N4O3. The summed E-state index contributed by atoms with van der Waals surface area (Å²) in [5.41, 5.74) is 3.62. The number of nitrogens with one attached hydrogen (secondary N) is 1. The minimum absolute atomic E-state index is 0.538. The van der Waals surface area contributed by atoms with Gasteiger partial charge in [-0.25, -0.2) is 4.98 Å². The maximum atomic E-state index is 5.40. The van der Waals surface area contributed by atoms with Crippen LogP contribution in [0, 0.1) is 0 Å². The first-order chi connectivity index (χ1) is 13.5. The van der Waals surface area contributed by atoms with Gasteiger partial charge in [0.25, 0.3) is 0 Å². The third-order valence-electron chi connectivity index (χ3n) is 4.23. The van der Waals surface area contributed by atoms with E-state index < -0.39 is 0 Å². The first kappa shape index (κ1) is 19.3. The van der Waals surface area contributed by atoms with Crippen LogP contribution < -0.4 is 24.4 Å². The molecule has 0 aliphatic carbocycles. The van der Waals surface area contributed by atoms with E-state index in [0.29, 0.717) is 23.1 Å². The second kappa shape index (κ2) is 8.47. The Morgan fingerprint density at radius 1 is 0.893 bits per heavy atom. The van der Waals surface area contributed by atoms with E-state index >= 15 is 0 Å². The summed E-state index contributed by atoms with van der Waals surface area (Å²) in [5, 5.41) is 3.25. The highest BCUT2D eigenvalue weighted by molar-refractivity contribution is 5.69. The smallest absolute Gasteiger partial charge is 0.203 e. The van der Waals surface area contributed by atoms with Crippen LogP contribution in [-0.2, 0) is 0 Å². The molecule has 0 saturated heterocycles. The van der Waals surface area contributed by atoms with Crippen molar-refractivity contribution in [3.63, 3.8) is 0 Å². The fraction of sp³-hybridized carbons (Fsp3) is 0.238. The van der Waals surface area contributed by atoms with Crippen molar-refractivity contribution < 1.29 is 14.2 Å². The molecule has 0 spiro atoms. The highest BCUT2D eigenvalue weighted by Gasteiger charge is 2.14. The van der Waals surface area contributed by atoms with Gasteiger partial charge >= 0.3 is 0 Å². The van der Waals surface area contributed by atoms with E-state index in [4.69, 9.17) is 14.2 Å². The predicted octanol–water partition coefficient (Wildman–Crippen LogP) is 3.98. The zero-order chi connectivity index (χ0) is 20.1. The predicted molar refractivity (Wildman–Crippen MR) is 111 cm³/mol. The van der Waals surface area contributed by atoms with E-state index in [1.807, 2.05) is 38.4 Å². The fourth-order valence-corrected chi connectivity index (χ4v) is 2.81. The second-order valence-corrected chi connectivity index (χ2v) is 6.27. The summed E-state index contributed by atoms with van der Waals surface area (Å²) < 4.78 is 16.2. The fourth-order valence-electron chi connectivity index (χ4n) is 2.81. The van der Waals surface area contributed by atoms with Gasteiger partial charge in [-0.15, -0.1) is 0 Å². The van der Waals surface area contributed by atoms with E-state index in [0.717, 1.165) is 22.6 Å². The topological polar surface area (TPSA) is 68.7 Å². The Kier molecular flexibility index (Phi) is 5.84. The molecule has 2 aromatic carbocycles. The summed E-state index contributed by atoms with van der Waals surface area (Å²) in [5.74, 6) is 2.28. The summed E-state index contributed by atoms with van der Waals surface area (Å²) in [6, 6.07) is 11.8. The average Bonchev–Trinajstić information content (AvgIpc) is 2.73. The summed E-state index contributed by atoms with van der Waals surface area (Å²) >= 11 is 0. The summed E-state index contributed by atoms with van der Waals surface area (Å²) in [6.07, 6.45) is 3.41. The molecule has 0 atom stereocenters. The highest BCUT2D eigenvalue weighted by atomic mass is 16.5. The van der Waals surface area contributed by atoms with Crippen LogP contribution >= 0.6 is 0 Å². The van der Waals surface area contributed by atoms with Crippen molar-refractivity contribution >= 4 is 17.2 Å². The number of ether oxygens (including phenoxy) is 3. The molecule has 0 aliphatic rings.